The van der Waals surface area contributed by atoms with Crippen LogP contribution in [0.2, 0.25) is 0 Å². The first-order chi connectivity index (χ1) is 9.61. The van der Waals surface area contributed by atoms with E-state index in [9.17, 15) is 10.1 Å². The molecule has 2 rings (SSSR count). The Labute approximate surface area is 125 Å². The standard InChI is InChI=1S/C15H12BrNO3/c1-20-13-9-8-12(15(10-13)17(18)19)7-6-11-4-2-3-5-14(11)16/h2-10H,1H3/b7-6+. The summed E-state index contributed by atoms with van der Waals surface area (Å²) in [6.07, 6.45) is 3.55. The lowest BCUT2D eigenvalue weighted by Crippen LogP contribution is -1.93. The van der Waals surface area contributed by atoms with Gasteiger partial charge in [0, 0.05) is 4.47 Å². The summed E-state index contributed by atoms with van der Waals surface area (Å²) in [4.78, 5) is 10.7. The molecule has 0 spiro atoms. The molecular weight excluding hydrogens is 322 g/mol. The lowest BCUT2D eigenvalue weighted by molar-refractivity contribution is -0.385. The molecule has 0 bridgehead atoms. The monoisotopic (exact) mass is 333 g/mol. The van der Waals surface area contributed by atoms with Crippen LogP contribution >= 0.6 is 15.9 Å². The number of benzene rings is 2. The second kappa shape index (κ2) is 6.34. The molecule has 0 N–H and O–H groups in total. The Hall–Kier alpha value is -2.14. The van der Waals surface area contributed by atoms with Crippen molar-refractivity contribution in [2.45, 2.75) is 0 Å². The highest BCUT2D eigenvalue weighted by molar-refractivity contribution is 9.10. The highest BCUT2D eigenvalue weighted by Crippen LogP contribution is 2.27. The Morgan fingerprint density at radius 2 is 1.85 bits per heavy atom. The van der Waals surface area contributed by atoms with Crippen LogP contribution in [0.5, 0.6) is 5.75 Å². The highest BCUT2D eigenvalue weighted by Gasteiger charge is 2.12. The van der Waals surface area contributed by atoms with E-state index >= 15 is 0 Å². The van der Waals surface area contributed by atoms with Gasteiger partial charge in [-0.3, -0.25) is 10.1 Å². The van der Waals surface area contributed by atoms with Gasteiger partial charge in [0.05, 0.1) is 23.7 Å². The lowest BCUT2D eigenvalue weighted by Gasteiger charge is -2.02. The van der Waals surface area contributed by atoms with Crippen molar-refractivity contribution in [2.75, 3.05) is 7.11 Å². The zero-order chi connectivity index (χ0) is 14.5. The van der Waals surface area contributed by atoms with Gasteiger partial charge in [-0.15, -0.1) is 0 Å². The minimum Gasteiger partial charge on any atom is -0.497 e. The van der Waals surface area contributed by atoms with Gasteiger partial charge in [0.2, 0.25) is 0 Å². The molecule has 20 heavy (non-hydrogen) atoms. The van der Waals surface area contributed by atoms with Gasteiger partial charge >= 0.3 is 0 Å². The third kappa shape index (κ3) is 3.24. The summed E-state index contributed by atoms with van der Waals surface area (Å²) >= 11 is 3.43. The maximum absolute atomic E-state index is 11.1. The van der Waals surface area contributed by atoms with Crippen molar-refractivity contribution in [1.82, 2.24) is 0 Å². The summed E-state index contributed by atoms with van der Waals surface area (Å²) in [5, 5.41) is 11.1. The van der Waals surface area contributed by atoms with Gasteiger partial charge < -0.3 is 4.74 Å². The summed E-state index contributed by atoms with van der Waals surface area (Å²) in [5.74, 6) is 0.467. The number of halogens is 1. The molecule has 0 aliphatic rings. The van der Waals surface area contributed by atoms with Crippen LogP contribution < -0.4 is 4.74 Å². The molecule has 0 unspecified atom stereocenters. The molecular formula is C15H12BrNO3. The average Bonchev–Trinajstić information content (AvgIpc) is 2.46. The van der Waals surface area contributed by atoms with Crippen molar-refractivity contribution in [3.63, 3.8) is 0 Å². The number of nitro benzene ring substituents is 1. The molecule has 4 nitrogen and oxygen atoms in total. The van der Waals surface area contributed by atoms with Crippen molar-refractivity contribution in [2.24, 2.45) is 0 Å². The molecule has 0 aromatic heterocycles. The fraction of sp³-hybridized carbons (Fsp3) is 0.0667. The first-order valence-electron chi connectivity index (χ1n) is 5.87. The van der Waals surface area contributed by atoms with Gasteiger partial charge in [0.15, 0.2) is 0 Å². The molecule has 0 amide bonds. The van der Waals surface area contributed by atoms with Gasteiger partial charge in [-0.1, -0.05) is 40.2 Å². The van der Waals surface area contributed by atoms with Gasteiger partial charge in [-0.2, -0.15) is 0 Å². The first kappa shape index (κ1) is 14.3. The molecule has 0 saturated heterocycles. The third-order valence-electron chi connectivity index (χ3n) is 2.78. The fourth-order valence-corrected chi connectivity index (χ4v) is 2.16. The first-order valence-corrected chi connectivity index (χ1v) is 6.66. The molecule has 0 heterocycles. The summed E-state index contributed by atoms with van der Waals surface area (Å²) < 4.78 is 5.94. The molecule has 2 aromatic rings. The Kier molecular flexibility index (Phi) is 4.53. The molecule has 0 aliphatic heterocycles. The van der Waals surface area contributed by atoms with Gasteiger partial charge in [0.25, 0.3) is 5.69 Å². The molecule has 5 heteroatoms. The number of hydrogen-bond acceptors (Lipinski definition) is 3. The van der Waals surface area contributed by atoms with E-state index in [0.717, 1.165) is 10.0 Å². The summed E-state index contributed by atoms with van der Waals surface area (Å²) in [6, 6.07) is 12.5. The maximum atomic E-state index is 11.1. The lowest BCUT2D eigenvalue weighted by atomic mass is 10.1. The van der Waals surface area contributed by atoms with E-state index in [0.29, 0.717) is 11.3 Å². The predicted octanol–water partition coefficient (Wildman–Crippen LogP) is 4.54. The molecule has 0 aliphatic carbocycles. The fourth-order valence-electron chi connectivity index (χ4n) is 1.74. The van der Waals surface area contributed by atoms with E-state index < -0.39 is 4.92 Å². The van der Waals surface area contributed by atoms with Crippen molar-refractivity contribution in [3.05, 3.63) is 68.2 Å². The van der Waals surface area contributed by atoms with Crippen LogP contribution in [-0.2, 0) is 0 Å². The van der Waals surface area contributed by atoms with Gasteiger partial charge in [-0.05, 0) is 29.8 Å². The quantitative estimate of drug-likeness (QED) is 0.469. The molecule has 0 saturated carbocycles. The van der Waals surface area contributed by atoms with E-state index in [1.807, 2.05) is 30.3 Å². The summed E-state index contributed by atoms with van der Waals surface area (Å²) in [6.45, 7) is 0. The van der Waals surface area contributed by atoms with E-state index in [1.165, 1.54) is 13.2 Å². The number of nitro groups is 1. The predicted molar refractivity (Wildman–Crippen MR) is 82.7 cm³/mol. The number of ether oxygens (including phenoxy) is 1. The van der Waals surface area contributed by atoms with Crippen LogP contribution in [0.4, 0.5) is 5.69 Å². The molecule has 0 fully saturated rings. The van der Waals surface area contributed by atoms with Crippen LogP contribution in [0.15, 0.2) is 46.9 Å². The number of hydrogen-bond donors (Lipinski definition) is 0. The van der Waals surface area contributed by atoms with Gasteiger partial charge in [-0.25, -0.2) is 0 Å². The van der Waals surface area contributed by atoms with Crippen molar-refractivity contribution >= 4 is 33.8 Å². The average molecular weight is 334 g/mol. The van der Waals surface area contributed by atoms with Gasteiger partial charge in [0.1, 0.15) is 5.75 Å². The number of nitrogens with zero attached hydrogens (tertiary/aromatic N) is 1. The third-order valence-corrected chi connectivity index (χ3v) is 3.50. The molecule has 0 radical (unpaired) electrons. The minimum absolute atomic E-state index is 0.0210. The van der Waals surface area contributed by atoms with Crippen LogP contribution in [0.1, 0.15) is 11.1 Å². The van der Waals surface area contributed by atoms with Crippen LogP contribution in [-0.4, -0.2) is 12.0 Å². The second-order valence-electron chi connectivity index (χ2n) is 4.04. The molecule has 102 valence electrons. The molecule has 2 aromatic carbocycles. The van der Waals surface area contributed by atoms with E-state index in [4.69, 9.17) is 4.74 Å². The minimum atomic E-state index is -0.414. The van der Waals surface area contributed by atoms with Crippen LogP contribution in [0.3, 0.4) is 0 Å². The zero-order valence-electron chi connectivity index (χ0n) is 10.7. The Morgan fingerprint density at radius 1 is 1.15 bits per heavy atom. The van der Waals surface area contributed by atoms with Crippen molar-refractivity contribution in [3.8, 4) is 5.75 Å². The zero-order valence-corrected chi connectivity index (χ0v) is 12.3. The van der Waals surface area contributed by atoms with Crippen LogP contribution in [0, 0.1) is 10.1 Å². The number of rotatable bonds is 4. The smallest absolute Gasteiger partial charge is 0.280 e. The molecule has 0 atom stereocenters. The number of methoxy groups -OCH3 is 1. The Bertz CT molecular complexity index is 668. The van der Waals surface area contributed by atoms with E-state index in [2.05, 4.69) is 15.9 Å². The Morgan fingerprint density at radius 3 is 2.50 bits per heavy atom. The van der Waals surface area contributed by atoms with E-state index in [1.54, 1.807) is 18.2 Å². The SMILES string of the molecule is COc1ccc(/C=C/c2ccccc2Br)c([N+](=O)[O-])c1. The second-order valence-corrected chi connectivity index (χ2v) is 4.89. The normalized spacial score (nSPS) is 10.7. The highest BCUT2D eigenvalue weighted by atomic mass is 79.9. The van der Waals surface area contributed by atoms with Crippen molar-refractivity contribution in [1.29, 1.82) is 0 Å². The summed E-state index contributed by atoms with van der Waals surface area (Å²) in [5.41, 5.74) is 1.51. The van der Waals surface area contributed by atoms with Crippen LogP contribution in [0.25, 0.3) is 12.2 Å². The van der Waals surface area contributed by atoms with Crippen molar-refractivity contribution < 1.29 is 9.66 Å². The maximum Gasteiger partial charge on any atom is 0.280 e. The Balaban J connectivity index is 2.38. The van der Waals surface area contributed by atoms with E-state index in [-0.39, 0.29) is 5.69 Å². The topological polar surface area (TPSA) is 52.4 Å². The summed E-state index contributed by atoms with van der Waals surface area (Å²) in [7, 11) is 1.48. The largest absolute Gasteiger partial charge is 0.497 e.